The van der Waals surface area contributed by atoms with Crippen molar-refractivity contribution < 1.29 is 4.58 Å². The molecule has 0 aliphatic carbocycles. The van der Waals surface area contributed by atoms with E-state index in [4.69, 9.17) is 4.99 Å². The minimum absolute atomic E-state index is 0.136. The number of benzene rings is 2. The van der Waals surface area contributed by atoms with Gasteiger partial charge in [0.05, 0.1) is 12.1 Å². The maximum atomic E-state index is 4.87. The van der Waals surface area contributed by atoms with Gasteiger partial charge in [0.25, 0.3) is 0 Å². The first kappa shape index (κ1) is 11.8. The normalized spacial score (nSPS) is 18.1. The van der Waals surface area contributed by atoms with Gasteiger partial charge in [-0.05, 0) is 19.1 Å². The van der Waals surface area contributed by atoms with Crippen LogP contribution in [0.1, 0.15) is 24.1 Å². The summed E-state index contributed by atoms with van der Waals surface area (Å²) in [5.74, 6) is 1.07. The Morgan fingerprint density at radius 1 is 0.947 bits per heavy atom. The molecule has 0 saturated carbocycles. The van der Waals surface area contributed by atoms with Crippen LogP contribution in [0.4, 0.5) is 0 Å². The van der Waals surface area contributed by atoms with Crippen molar-refractivity contribution in [3.63, 3.8) is 0 Å². The predicted octanol–water partition coefficient (Wildman–Crippen LogP) is 3.29. The molecule has 0 spiro atoms. The van der Waals surface area contributed by atoms with Crippen molar-refractivity contribution in [3.05, 3.63) is 71.8 Å². The van der Waals surface area contributed by atoms with Gasteiger partial charge in [-0.3, -0.25) is 0 Å². The van der Waals surface area contributed by atoms with Gasteiger partial charge < -0.3 is 0 Å². The Labute approximate surface area is 113 Å². The lowest BCUT2D eigenvalue weighted by Gasteiger charge is -1.98. The fourth-order valence-electron chi connectivity index (χ4n) is 2.37. The van der Waals surface area contributed by atoms with Crippen molar-refractivity contribution in [2.24, 2.45) is 4.99 Å². The van der Waals surface area contributed by atoms with Crippen molar-refractivity contribution in [2.75, 3.05) is 6.54 Å². The Balaban J connectivity index is 1.99. The van der Waals surface area contributed by atoms with Gasteiger partial charge in [0, 0.05) is 5.56 Å². The zero-order valence-electron chi connectivity index (χ0n) is 11.0. The molecule has 1 atom stereocenters. The number of nitrogens with zero attached hydrogens (tertiary/aromatic N) is 2. The van der Waals surface area contributed by atoms with Gasteiger partial charge in [0.1, 0.15) is 6.21 Å². The summed E-state index contributed by atoms with van der Waals surface area (Å²) in [6.45, 7) is 3.10. The van der Waals surface area contributed by atoms with E-state index in [1.807, 2.05) is 12.1 Å². The van der Waals surface area contributed by atoms with Gasteiger partial charge in [0.15, 0.2) is 0 Å². The van der Waals surface area contributed by atoms with Crippen LogP contribution in [0.15, 0.2) is 65.7 Å². The molecule has 0 fully saturated rings. The molecular formula is C17H17N2+. The van der Waals surface area contributed by atoms with E-state index < -0.39 is 0 Å². The smallest absolute Gasteiger partial charge is 0.230 e. The van der Waals surface area contributed by atoms with E-state index in [1.165, 1.54) is 11.1 Å². The van der Waals surface area contributed by atoms with E-state index in [9.17, 15) is 0 Å². The quantitative estimate of drug-likeness (QED) is 0.742. The highest BCUT2D eigenvalue weighted by atomic mass is 15.1. The van der Waals surface area contributed by atoms with Crippen LogP contribution in [0.25, 0.3) is 0 Å². The second-order valence-electron chi connectivity index (χ2n) is 4.61. The highest BCUT2D eigenvalue weighted by Crippen LogP contribution is 2.21. The summed E-state index contributed by atoms with van der Waals surface area (Å²) in [6.07, 6.45) is 2.21. The van der Waals surface area contributed by atoms with Gasteiger partial charge in [-0.25, -0.2) is 4.58 Å². The second kappa shape index (κ2) is 5.19. The average molecular weight is 249 g/mol. The first-order valence-electron chi connectivity index (χ1n) is 6.68. The average Bonchev–Trinajstić information content (AvgIpc) is 2.93. The Morgan fingerprint density at radius 2 is 1.58 bits per heavy atom. The molecule has 2 heteroatoms. The summed E-state index contributed by atoms with van der Waals surface area (Å²) >= 11 is 0. The molecule has 0 amide bonds. The molecule has 1 unspecified atom stereocenters. The monoisotopic (exact) mass is 249 g/mol. The fourth-order valence-corrected chi connectivity index (χ4v) is 2.37. The minimum atomic E-state index is 0.136. The number of hydrogen-bond donors (Lipinski definition) is 0. The van der Waals surface area contributed by atoms with E-state index >= 15 is 0 Å². The summed E-state index contributed by atoms with van der Waals surface area (Å²) < 4.78 is 2.23. The first-order valence-corrected chi connectivity index (χ1v) is 6.68. The predicted molar refractivity (Wildman–Crippen MR) is 79.0 cm³/mol. The third-order valence-corrected chi connectivity index (χ3v) is 3.37. The molecule has 2 nitrogen and oxygen atoms in total. The summed E-state index contributed by atoms with van der Waals surface area (Å²) in [4.78, 5) is 4.87. The number of hydrogen-bond acceptors (Lipinski definition) is 1. The Morgan fingerprint density at radius 3 is 2.21 bits per heavy atom. The third-order valence-electron chi connectivity index (χ3n) is 3.37. The lowest BCUT2D eigenvalue weighted by molar-refractivity contribution is -0.394. The molecule has 94 valence electrons. The zero-order valence-corrected chi connectivity index (χ0v) is 11.0. The van der Waals surface area contributed by atoms with Gasteiger partial charge in [-0.2, -0.15) is 0 Å². The van der Waals surface area contributed by atoms with Crippen LogP contribution in [-0.4, -0.2) is 23.2 Å². The molecule has 1 heterocycles. The molecule has 0 bridgehead atoms. The highest BCUT2D eigenvalue weighted by Gasteiger charge is 2.29. The molecule has 0 N–H and O–H groups in total. The highest BCUT2D eigenvalue weighted by molar-refractivity contribution is 5.98. The summed E-state index contributed by atoms with van der Waals surface area (Å²) in [5.41, 5.74) is 2.42. The fraction of sp³-hybridized carbons (Fsp3) is 0.176. The molecule has 2 aromatic carbocycles. The van der Waals surface area contributed by atoms with Crippen LogP contribution < -0.4 is 0 Å². The van der Waals surface area contributed by atoms with E-state index in [1.54, 1.807) is 0 Å². The molecule has 1 aliphatic rings. The molecule has 0 aromatic heterocycles. The minimum Gasteiger partial charge on any atom is -0.230 e. The molecule has 2 aromatic rings. The summed E-state index contributed by atoms with van der Waals surface area (Å²) in [6, 6.07) is 20.9. The van der Waals surface area contributed by atoms with E-state index in [0.29, 0.717) is 0 Å². The van der Waals surface area contributed by atoms with Gasteiger partial charge in [-0.1, -0.05) is 53.5 Å². The van der Waals surface area contributed by atoms with Crippen molar-refractivity contribution in [3.8, 4) is 0 Å². The maximum absolute atomic E-state index is 4.87. The number of rotatable bonds is 3. The van der Waals surface area contributed by atoms with Crippen LogP contribution in [0.3, 0.4) is 0 Å². The van der Waals surface area contributed by atoms with Crippen molar-refractivity contribution in [1.29, 1.82) is 0 Å². The first-order chi connectivity index (χ1) is 9.38. The molecule has 0 radical (unpaired) electrons. The van der Waals surface area contributed by atoms with Crippen LogP contribution in [0, 0.1) is 0 Å². The molecule has 3 rings (SSSR count). The van der Waals surface area contributed by atoms with Crippen LogP contribution in [-0.2, 0) is 0 Å². The summed E-state index contributed by atoms with van der Waals surface area (Å²) in [7, 11) is 0. The molecule has 0 saturated heterocycles. The Bertz CT molecular complexity index is 612. The van der Waals surface area contributed by atoms with Crippen LogP contribution in [0.2, 0.25) is 0 Å². The second-order valence-corrected chi connectivity index (χ2v) is 4.61. The van der Waals surface area contributed by atoms with Gasteiger partial charge >= 0.3 is 5.84 Å². The van der Waals surface area contributed by atoms with Gasteiger partial charge in [0.2, 0.25) is 6.04 Å². The van der Waals surface area contributed by atoms with Gasteiger partial charge in [-0.15, -0.1) is 0 Å². The van der Waals surface area contributed by atoms with E-state index in [-0.39, 0.29) is 6.04 Å². The molecular weight excluding hydrogens is 232 g/mol. The van der Waals surface area contributed by atoms with Crippen molar-refractivity contribution >= 4 is 12.1 Å². The van der Waals surface area contributed by atoms with Crippen molar-refractivity contribution in [2.45, 2.75) is 13.0 Å². The Hall–Kier alpha value is -2.22. The topological polar surface area (TPSA) is 15.4 Å². The van der Waals surface area contributed by atoms with E-state index in [0.717, 1.165) is 12.4 Å². The standard InChI is InChI=1S/C17H17N2/c1-2-19-13-16(14-9-5-3-6-10-14)18-17(19)15-11-7-4-8-12-15/h3-13,16H,2H2,1H3/q+1. The van der Waals surface area contributed by atoms with Crippen molar-refractivity contribution in [1.82, 2.24) is 0 Å². The SMILES string of the molecule is CC[N+]1=CC(c2ccccc2)N=C1c1ccccc1. The third kappa shape index (κ3) is 2.34. The lowest BCUT2D eigenvalue weighted by Crippen LogP contribution is -2.18. The maximum Gasteiger partial charge on any atom is 0.325 e. The molecule has 1 aliphatic heterocycles. The lowest BCUT2D eigenvalue weighted by atomic mass is 10.1. The zero-order chi connectivity index (χ0) is 13.1. The Kier molecular flexibility index (Phi) is 3.23. The number of amidine groups is 1. The van der Waals surface area contributed by atoms with Crippen LogP contribution >= 0.6 is 0 Å². The number of aliphatic imine (C=N–C) groups is 1. The largest absolute Gasteiger partial charge is 0.325 e. The molecule has 19 heavy (non-hydrogen) atoms. The van der Waals surface area contributed by atoms with Crippen LogP contribution in [0.5, 0.6) is 0 Å². The summed E-state index contributed by atoms with van der Waals surface area (Å²) in [5, 5.41) is 0. The van der Waals surface area contributed by atoms with E-state index in [2.05, 4.69) is 66.2 Å².